The van der Waals surface area contributed by atoms with E-state index in [0.29, 0.717) is 21.8 Å². The van der Waals surface area contributed by atoms with Crippen molar-refractivity contribution in [1.29, 1.82) is 0 Å². The Morgan fingerprint density at radius 2 is 1.61 bits per heavy atom. The summed E-state index contributed by atoms with van der Waals surface area (Å²) >= 11 is 6.26. The van der Waals surface area contributed by atoms with Crippen LogP contribution >= 0.6 is 11.6 Å². The quantitative estimate of drug-likeness (QED) is 0.217. The number of ether oxygens (including phenoxy) is 1. The number of halogens is 1. The van der Waals surface area contributed by atoms with Gasteiger partial charge in [-0.25, -0.2) is 9.48 Å². The number of hydrogen-bond acceptors (Lipinski definition) is 6. The number of amides is 1. The Morgan fingerprint density at radius 3 is 2.16 bits per heavy atom. The number of aromatic carboxylic acids is 1. The Labute approximate surface area is 260 Å². The zero-order chi connectivity index (χ0) is 32.3. The summed E-state index contributed by atoms with van der Waals surface area (Å²) in [4.78, 5) is 53.9. The maximum atomic E-state index is 14.6. The molecule has 1 N–H and O–H groups in total. The van der Waals surface area contributed by atoms with E-state index in [9.17, 15) is 24.3 Å². The molecule has 0 bridgehead atoms. The van der Waals surface area contributed by atoms with Crippen LogP contribution in [0.3, 0.4) is 0 Å². The third-order valence-electron chi connectivity index (χ3n) is 7.16. The van der Waals surface area contributed by atoms with Gasteiger partial charge in [-0.3, -0.25) is 14.4 Å². The molecule has 4 aromatic rings. The monoisotopic (exact) mass is 615 g/mol. The van der Waals surface area contributed by atoms with Crippen LogP contribution in [-0.4, -0.2) is 45.2 Å². The second-order valence-corrected chi connectivity index (χ2v) is 11.9. The Kier molecular flexibility index (Phi) is 9.39. The highest BCUT2D eigenvalue weighted by molar-refractivity contribution is 6.31. The molecule has 0 radical (unpaired) electrons. The molecule has 0 aliphatic heterocycles. The summed E-state index contributed by atoms with van der Waals surface area (Å²) in [7, 11) is 1.39. The number of Topliss-reactive ketones (excluding diaryl/α,β-unsaturated/α-hetero) is 1. The number of carbonyl (C=O) groups is 3. The van der Waals surface area contributed by atoms with Crippen molar-refractivity contribution in [2.75, 3.05) is 12.0 Å². The predicted octanol–water partition coefficient (Wildman–Crippen LogP) is 6.40. The first-order valence-corrected chi connectivity index (χ1v) is 14.3. The summed E-state index contributed by atoms with van der Waals surface area (Å²) in [5.41, 5.74) is 2.01. The van der Waals surface area contributed by atoms with Gasteiger partial charge >= 0.3 is 5.97 Å². The average Bonchev–Trinajstić information content (AvgIpc) is 2.96. The first-order valence-electron chi connectivity index (χ1n) is 13.9. The van der Waals surface area contributed by atoms with Gasteiger partial charge in [-0.1, -0.05) is 41.4 Å². The van der Waals surface area contributed by atoms with Gasteiger partial charge in [-0.2, -0.15) is 0 Å². The van der Waals surface area contributed by atoms with Gasteiger partial charge in [0.2, 0.25) is 5.88 Å². The van der Waals surface area contributed by atoms with Crippen LogP contribution in [0.25, 0.3) is 11.1 Å². The first-order chi connectivity index (χ1) is 20.7. The van der Waals surface area contributed by atoms with Crippen LogP contribution in [-0.2, 0) is 11.2 Å². The Bertz CT molecular complexity index is 1770. The standard InChI is InChI=1S/C34H34ClN3O6/c1-20-7-9-22(10-8-20)17-29(32(41)37(34(3,4)5)25-14-11-23(12-15-25)33(42)43)38-30(40)19-28(31(36-38)44-6)27-18-24(35)13-16-26(27)21(2)39/h7-16,18-19,29H,17H2,1-6H3,(H,42,43). The molecule has 0 saturated carbocycles. The highest BCUT2D eigenvalue weighted by Crippen LogP contribution is 2.34. The molecule has 0 aliphatic rings. The summed E-state index contributed by atoms with van der Waals surface area (Å²) in [5, 5.41) is 14.3. The molecule has 228 valence electrons. The van der Waals surface area contributed by atoms with Crippen molar-refractivity contribution in [2.45, 2.75) is 52.6 Å². The summed E-state index contributed by atoms with van der Waals surface area (Å²) < 4.78 is 6.71. The third-order valence-corrected chi connectivity index (χ3v) is 7.40. The van der Waals surface area contributed by atoms with Gasteiger partial charge in [0.1, 0.15) is 6.04 Å². The fourth-order valence-electron chi connectivity index (χ4n) is 5.04. The van der Waals surface area contributed by atoms with Crippen LogP contribution in [0, 0.1) is 6.92 Å². The number of nitrogens with zero attached hydrogens (tertiary/aromatic N) is 3. The van der Waals surface area contributed by atoms with Gasteiger partial charge in [-0.15, -0.1) is 5.10 Å². The van der Waals surface area contributed by atoms with Gasteiger partial charge in [0, 0.05) is 34.3 Å². The van der Waals surface area contributed by atoms with Crippen LogP contribution in [0.4, 0.5) is 5.69 Å². The van der Waals surface area contributed by atoms with E-state index in [-0.39, 0.29) is 29.2 Å². The minimum absolute atomic E-state index is 0.0317. The Hall–Kier alpha value is -4.76. The maximum absolute atomic E-state index is 14.6. The number of carbonyl (C=O) groups excluding carboxylic acids is 2. The van der Waals surface area contributed by atoms with Gasteiger partial charge in [-0.05, 0) is 88.2 Å². The highest BCUT2D eigenvalue weighted by Gasteiger charge is 2.36. The third kappa shape index (κ3) is 6.89. The number of ketones is 1. The molecule has 10 heteroatoms. The highest BCUT2D eigenvalue weighted by atomic mass is 35.5. The van der Waals surface area contributed by atoms with Crippen LogP contribution in [0.15, 0.2) is 77.6 Å². The smallest absolute Gasteiger partial charge is 0.335 e. The molecular formula is C34H34ClN3O6. The molecule has 0 saturated heterocycles. The van der Waals surface area contributed by atoms with Crippen molar-refractivity contribution >= 4 is 34.9 Å². The lowest BCUT2D eigenvalue weighted by Gasteiger charge is -2.38. The van der Waals surface area contributed by atoms with Gasteiger partial charge in [0.05, 0.1) is 18.2 Å². The maximum Gasteiger partial charge on any atom is 0.335 e. The van der Waals surface area contributed by atoms with Crippen molar-refractivity contribution in [3.63, 3.8) is 0 Å². The number of anilines is 1. The number of carboxylic acids is 1. The molecule has 1 amide bonds. The molecule has 1 atom stereocenters. The molecule has 1 heterocycles. The summed E-state index contributed by atoms with van der Waals surface area (Å²) in [5.74, 6) is -1.72. The van der Waals surface area contributed by atoms with Crippen LogP contribution in [0.5, 0.6) is 5.88 Å². The van der Waals surface area contributed by atoms with Gasteiger partial charge < -0.3 is 14.7 Å². The van der Waals surface area contributed by atoms with Crippen LogP contribution < -0.4 is 15.2 Å². The van der Waals surface area contributed by atoms with Gasteiger partial charge in [0.15, 0.2) is 5.78 Å². The van der Waals surface area contributed by atoms with Crippen molar-refractivity contribution in [3.05, 3.63) is 110 Å². The normalized spacial score (nSPS) is 12.0. The Balaban J connectivity index is 1.92. The number of aryl methyl sites for hydroxylation is 1. The van der Waals surface area contributed by atoms with E-state index < -0.39 is 29.0 Å². The minimum Gasteiger partial charge on any atom is -0.480 e. The van der Waals surface area contributed by atoms with Crippen molar-refractivity contribution in [3.8, 4) is 17.0 Å². The molecule has 44 heavy (non-hydrogen) atoms. The number of aromatic nitrogens is 2. The topological polar surface area (TPSA) is 119 Å². The lowest BCUT2D eigenvalue weighted by Crippen LogP contribution is -2.51. The molecule has 1 aromatic heterocycles. The van der Waals surface area contributed by atoms with E-state index in [2.05, 4.69) is 5.10 Å². The fraction of sp³-hybridized carbons (Fsp3) is 0.265. The molecule has 0 aliphatic carbocycles. The molecule has 0 spiro atoms. The van der Waals surface area contributed by atoms with E-state index in [1.165, 1.54) is 37.1 Å². The number of hydrogen-bond donors (Lipinski definition) is 1. The fourth-order valence-corrected chi connectivity index (χ4v) is 5.21. The van der Waals surface area contributed by atoms with E-state index in [4.69, 9.17) is 16.3 Å². The molecular weight excluding hydrogens is 582 g/mol. The molecule has 3 aromatic carbocycles. The molecule has 0 fully saturated rings. The van der Waals surface area contributed by atoms with E-state index >= 15 is 0 Å². The van der Waals surface area contributed by atoms with Gasteiger partial charge in [0.25, 0.3) is 11.5 Å². The predicted molar refractivity (Wildman–Crippen MR) is 170 cm³/mol. The second kappa shape index (κ2) is 12.9. The zero-order valence-corrected chi connectivity index (χ0v) is 26.2. The van der Waals surface area contributed by atoms with E-state index in [0.717, 1.165) is 15.8 Å². The van der Waals surface area contributed by atoms with Crippen LogP contribution in [0.2, 0.25) is 5.02 Å². The zero-order valence-electron chi connectivity index (χ0n) is 25.4. The number of methoxy groups -OCH3 is 1. The molecule has 1 unspecified atom stereocenters. The molecule has 9 nitrogen and oxygen atoms in total. The van der Waals surface area contributed by atoms with E-state index in [1.54, 1.807) is 30.3 Å². The number of rotatable bonds is 9. The summed E-state index contributed by atoms with van der Waals surface area (Å²) in [6.07, 6.45) is 0.129. The lowest BCUT2D eigenvalue weighted by atomic mass is 9.97. The van der Waals surface area contributed by atoms with E-state index in [1.807, 2.05) is 52.0 Å². The van der Waals surface area contributed by atoms with Crippen molar-refractivity contribution in [2.24, 2.45) is 0 Å². The summed E-state index contributed by atoms with van der Waals surface area (Å²) in [6, 6.07) is 18.5. The summed E-state index contributed by atoms with van der Waals surface area (Å²) in [6.45, 7) is 8.91. The average molecular weight is 616 g/mol. The number of carboxylic acid groups (broad SMARTS) is 1. The second-order valence-electron chi connectivity index (χ2n) is 11.5. The lowest BCUT2D eigenvalue weighted by molar-refractivity contribution is -0.123. The molecule has 4 rings (SSSR count). The first kappa shape index (κ1) is 32.2. The van der Waals surface area contributed by atoms with Crippen molar-refractivity contribution < 1.29 is 24.2 Å². The Morgan fingerprint density at radius 1 is 0.977 bits per heavy atom. The van der Waals surface area contributed by atoms with Crippen molar-refractivity contribution in [1.82, 2.24) is 9.78 Å². The largest absolute Gasteiger partial charge is 0.480 e. The minimum atomic E-state index is -1.11. The van der Waals surface area contributed by atoms with Crippen LogP contribution in [0.1, 0.15) is 65.6 Å². The SMILES string of the molecule is COc1nn(C(Cc2ccc(C)cc2)C(=O)N(c2ccc(C(=O)O)cc2)C(C)(C)C)c(=O)cc1-c1cc(Cl)ccc1C(C)=O. The number of benzene rings is 3.